The highest BCUT2D eigenvalue weighted by atomic mass is 15.2. The van der Waals surface area contributed by atoms with Crippen molar-refractivity contribution in [3.8, 4) is 6.07 Å². The Morgan fingerprint density at radius 2 is 2.27 bits per heavy atom. The number of nitriles is 1. The zero-order chi connectivity index (χ0) is 10.7. The van der Waals surface area contributed by atoms with Crippen LogP contribution in [0.15, 0.2) is 24.3 Å². The zero-order valence-corrected chi connectivity index (χ0v) is 8.90. The fraction of sp³-hybridized carbons (Fsp3) is 0.417. The Hall–Kier alpha value is -1.53. The number of piperazine rings is 1. The topological polar surface area (TPSA) is 39.1 Å². The number of rotatable bonds is 1. The smallest absolute Gasteiger partial charge is 0.101 e. The van der Waals surface area contributed by atoms with Gasteiger partial charge in [0, 0.05) is 25.7 Å². The van der Waals surface area contributed by atoms with Crippen LogP contribution in [0.25, 0.3) is 0 Å². The van der Waals surface area contributed by atoms with Crippen LogP contribution in [0.5, 0.6) is 0 Å². The van der Waals surface area contributed by atoms with Crippen molar-refractivity contribution in [2.75, 3.05) is 24.5 Å². The second-order valence-electron chi connectivity index (χ2n) is 3.88. The lowest BCUT2D eigenvalue weighted by Gasteiger charge is -2.36. The molecule has 0 amide bonds. The number of benzene rings is 1. The molecule has 1 atom stereocenters. The van der Waals surface area contributed by atoms with E-state index in [0.29, 0.717) is 6.04 Å². The Morgan fingerprint density at radius 3 is 3.00 bits per heavy atom. The molecule has 0 radical (unpaired) electrons. The van der Waals surface area contributed by atoms with E-state index in [9.17, 15) is 0 Å². The van der Waals surface area contributed by atoms with Crippen molar-refractivity contribution < 1.29 is 0 Å². The molecule has 0 spiro atoms. The summed E-state index contributed by atoms with van der Waals surface area (Å²) in [4.78, 5) is 2.30. The molecule has 0 aromatic heterocycles. The first-order valence-corrected chi connectivity index (χ1v) is 5.29. The normalized spacial score (nSPS) is 21.1. The maximum Gasteiger partial charge on any atom is 0.101 e. The molecule has 1 N–H and O–H groups in total. The van der Waals surface area contributed by atoms with Gasteiger partial charge in [0.05, 0.1) is 11.3 Å². The van der Waals surface area contributed by atoms with E-state index in [2.05, 4.69) is 23.2 Å². The monoisotopic (exact) mass is 201 g/mol. The van der Waals surface area contributed by atoms with Crippen molar-refractivity contribution in [3.63, 3.8) is 0 Å². The van der Waals surface area contributed by atoms with Gasteiger partial charge < -0.3 is 10.2 Å². The largest absolute Gasteiger partial charge is 0.365 e. The molecule has 0 bridgehead atoms. The third kappa shape index (κ3) is 1.95. The second-order valence-corrected chi connectivity index (χ2v) is 3.88. The first-order chi connectivity index (χ1) is 7.33. The summed E-state index contributed by atoms with van der Waals surface area (Å²) in [7, 11) is 0. The highest BCUT2D eigenvalue weighted by Gasteiger charge is 2.19. The third-order valence-corrected chi connectivity index (χ3v) is 2.84. The number of para-hydroxylation sites is 1. The van der Waals surface area contributed by atoms with Crippen molar-refractivity contribution in [1.82, 2.24) is 5.32 Å². The molecule has 1 aromatic carbocycles. The minimum atomic E-state index is 0.452. The van der Waals surface area contributed by atoms with Crippen LogP contribution >= 0.6 is 0 Å². The van der Waals surface area contributed by atoms with E-state index >= 15 is 0 Å². The minimum absolute atomic E-state index is 0.452. The summed E-state index contributed by atoms with van der Waals surface area (Å²) >= 11 is 0. The standard InChI is InChI=1S/C12H15N3/c1-10-9-14-6-7-15(10)12-5-3-2-4-11(12)8-13/h2-5,10,14H,6-7,9H2,1H3. The predicted molar refractivity (Wildman–Crippen MR) is 60.8 cm³/mol. The van der Waals surface area contributed by atoms with E-state index in [1.807, 2.05) is 24.3 Å². The van der Waals surface area contributed by atoms with E-state index < -0.39 is 0 Å². The van der Waals surface area contributed by atoms with Crippen LogP contribution in [-0.2, 0) is 0 Å². The van der Waals surface area contributed by atoms with Gasteiger partial charge in [-0.15, -0.1) is 0 Å². The summed E-state index contributed by atoms with van der Waals surface area (Å²) in [5, 5.41) is 12.4. The summed E-state index contributed by atoms with van der Waals surface area (Å²) in [6.45, 7) is 5.13. The molecular weight excluding hydrogens is 186 g/mol. The van der Waals surface area contributed by atoms with Gasteiger partial charge in [0.15, 0.2) is 0 Å². The van der Waals surface area contributed by atoms with Crippen molar-refractivity contribution >= 4 is 5.69 Å². The minimum Gasteiger partial charge on any atom is -0.365 e. The number of hydrogen-bond donors (Lipinski definition) is 1. The molecule has 1 aromatic rings. The van der Waals surface area contributed by atoms with Crippen LogP contribution < -0.4 is 10.2 Å². The Labute approximate surface area is 90.3 Å². The van der Waals surface area contributed by atoms with Crippen LogP contribution in [0, 0.1) is 11.3 Å². The molecule has 1 aliphatic rings. The van der Waals surface area contributed by atoms with Crippen molar-refractivity contribution in [1.29, 1.82) is 5.26 Å². The number of anilines is 1. The predicted octanol–water partition coefficient (Wildman–Crippen LogP) is 1.36. The van der Waals surface area contributed by atoms with E-state index in [1.54, 1.807) is 0 Å². The average Bonchev–Trinajstić information content (AvgIpc) is 2.30. The summed E-state index contributed by atoms with van der Waals surface area (Å²) in [6.07, 6.45) is 0. The molecular formula is C12H15N3. The first-order valence-electron chi connectivity index (χ1n) is 5.29. The second kappa shape index (κ2) is 4.33. The lowest BCUT2D eigenvalue weighted by atomic mass is 10.1. The Kier molecular flexibility index (Phi) is 2.89. The molecule has 1 heterocycles. The summed E-state index contributed by atoms with van der Waals surface area (Å²) in [5.41, 5.74) is 1.83. The maximum atomic E-state index is 9.04. The SMILES string of the molecule is CC1CNCCN1c1ccccc1C#N. The molecule has 3 nitrogen and oxygen atoms in total. The molecule has 78 valence electrons. The summed E-state index contributed by atoms with van der Waals surface area (Å²) in [5.74, 6) is 0. The van der Waals surface area contributed by atoms with Gasteiger partial charge in [0.25, 0.3) is 0 Å². The molecule has 15 heavy (non-hydrogen) atoms. The average molecular weight is 201 g/mol. The van der Waals surface area contributed by atoms with Crippen LogP contribution in [0.3, 0.4) is 0 Å². The van der Waals surface area contributed by atoms with E-state index in [-0.39, 0.29) is 0 Å². The molecule has 0 aliphatic carbocycles. The van der Waals surface area contributed by atoms with Gasteiger partial charge in [-0.25, -0.2) is 0 Å². The Morgan fingerprint density at radius 1 is 1.47 bits per heavy atom. The first kappa shape index (κ1) is 10.0. The van der Waals surface area contributed by atoms with Gasteiger partial charge >= 0.3 is 0 Å². The van der Waals surface area contributed by atoms with Crippen molar-refractivity contribution in [3.05, 3.63) is 29.8 Å². The lowest BCUT2D eigenvalue weighted by molar-refractivity contribution is 0.500. The van der Waals surface area contributed by atoms with Crippen LogP contribution in [-0.4, -0.2) is 25.7 Å². The molecule has 1 aliphatic heterocycles. The van der Waals surface area contributed by atoms with E-state index in [1.165, 1.54) is 0 Å². The van der Waals surface area contributed by atoms with Gasteiger partial charge in [-0.1, -0.05) is 12.1 Å². The van der Waals surface area contributed by atoms with Crippen molar-refractivity contribution in [2.45, 2.75) is 13.0 Å². The van der Waals surface area contributed by atoms with Gasteiger partial charge in [-0.05, 0) is 19.1 Å². The van der Waals surface area contributed by atoms with Crippen molar-refractivity contribution in [2.24, 2.45) is 0 Å². The fourth-order valence-corrected chi connectivity index (χ4v) is 2.02. The maximum absolute atomic E-state index is 9.04. The third-order valence-electron chi connectivity index (χ3n) is 2.84. The quantitative estimate of drug-likeness (QED) is 0.745. The Balaban J connectivity index is 2.31. The number of hydrogen-bond acceptors (Lipinski definition) is 3. The van der Waals surface area contributed by atoms with Crippen LogP contribution in [0.4, 0.5) is 5.69 Å². The van der Waals surface area contributed by atoms with Crippen LogP contribution in [0.1, 0.15) is 12.5 Å². The molecule has 1 saturated heterocycles. The summed E-state index contributed by atoms with van der Waals surface area (Å²) in [6, 6.07) is 10.5. The van der Waals surface area contributed by atoms with Gasteiger partial charge in [0.2, 0.25) is 0 Å². The van der Waals surface area contributed by atoms with E-state index in [0.717, 1.165) is 30.9 Å². The molecule has 2 rings (SSSR count). The summed E-state index contributed by atoms with van der Waals surface area (Å²) < 4.78 is 0. The van der Waals surface area contributed by atoms with Gasteiger partial charge in [-0.3, -0.25) is 0 Å². The zero-order valence-electron chi connectivity index (χ0n) is 8.90. The Bertz CT molecular complexity index is 381. The fourth-order valence-electron chi connectivity index (χ4n) is 2.02. The number of nitrogens with zero attached hydrogens (tertiary/aromatic N) is 2. The lowest BCUT2D eigenvalue weighted by Crippen LogP contribution is -2.50. The number of nitrogens with one attached hydrogen (secondary N) is 1. The molecule has 1 unspecified atom stereocenters. The van der Waals surface area contributed by atoms with E-state index in [4.69, 9.17) is 5.26 Å². The molecule has 3 heteroatoms. The molecule has 0 saturated carbocycles. The van der Waals surface area contributed by atoms with Crippen LogP contribution in [0.2, 0.25) is 0 Å². The highest BCUT2D eigenvalue weighted by molar-refractivity contribution is 5.60. The molecule has 1 fully saturated rings. The van der Waals surface area contributed by atoms with Gasteiger partial charge in [0.1, 0.15) is 6.07 Å². The van der Waals surface area contributed by atoms with Gasteiger partial charge in [-0.2, -0.15) is 5.26 Å². The highest BCUT2D eigenvalue weighted by Crippen LogP contribution is 2.22.